The molecule has 2 N–H and O–H groups in total. The van der Waals surface area contributed by atoms with E-state index in [0.717, 1.165) is 31.4 Å². The van der Waals surface area contributed by atoms with Crippen LogP contribution < -0.4 is 10.6 Å². The van der Waals surface area contributed by atoms with Gasteiger partial charge in [-0.05, 0) is 45.2 Å². The molecule has 0 saturated carbocycles. The predicted molar refractivity (Wildman–Crippen MR) is 81.6 cm³/mol. The maximum Gasteiger partial charge on any atom is 0.237 e. The number of amides is 1. The zero-order valence-electron chi connectivity index (χ0n) is 13.1. The molecule has 1 heterocycles. The van der Waals surface area contributed by atoms with Crippen molar-refractivity contribution in [3.8, 4) is 0 Å². The molecule has 1 aromatic rings. The van der Waals surface area contributed by atoms with Gasteiger partial charge in [0.15, 0.2) is 0 Å². The maximum absolute atomic E-state index is 12.0. The van der Waals surface area contributed by atoms with E-state index in [1.807, 2.05) is 19.1 Å². The van der Waals surface area contributed by atoms with Crippen LogP contribution in [0, 0.1) is 0 Å². The molecule has 4 nitrogen and oxygen atoms in total. The van der Waals surface area contributed by atoms with Crippen molar-refractivity contribution in [2.75, 3.05) is 0 Å². The monoisotopic (exact) mass is 280 g/mol. The fraction of sp³-hybridized carbons (Fsp3) is 0.688. The van der Waals surface area contributed by atoms with Crippen molar-refractivity contribution in [2.45, 2.75) is 71.5 Å². The van der Waals surface area contributed by atoms with Gasteiger partial charge in [-0.3, -0.25) is 4.79 Å². The summed E-state index contributed by atoms with van der Waals surface area (Å²) in [5.41, 5.74) is 0. The summed E-state index contributed by atoms with van der Waals surface area (Å²) in [7, 11) is 0. The van der Waals surface area contributed by atoms with E-state index in [1.165, 1.54) is 0 Å². The average molecular weight is 280 g/mol. The molecule has 2 unspecified atom stereocenters. The van der Waals surface area contributed by atoms with Crippen LogP contribution in [0.5, 0.6) is 0 Å². The summed E-state index contributed by atoms with van der Waals surface area (Å²) in [6.45, 7) is 8.21. The first-order valence-corrected chi connectivity index (χ1v) is 7.65. The second-order valence-electron chi connectivity index (χ2n) is 5.43. The number of hydrogen-bond donors (Lipinski definition) is 2. The van der Waals surface area contributed by atoms with E-state index in [4.69, 9.17) is 4.42 Å². The molecule has 0 aromatic carbocycles. The second-order valence-corrected chi connectivity index (χ2v) is 5.43. The van der Waals surface area contributed by atoms with Crippen LogP contribution in [0.1, 0.15) is 52.7 Å². The third-order valence-electron chi connectivity index (χ3n) is 3.66. The van der Waals surface area contributed by atoms with Gasteiger partial charge in [0.25, 0.3) is 0 Å². The van der Waals surface area contributed by atoms with Crippen LogP contribution in [-0.2, 0) is 11.2 Å². The fourth-order valence-corrected chi connectivity index (χ4v) is 2.22. The zero-order chi connectivity index (χ0) is 15.0. The van der Waals surface area contributed by atoms with Gasteiger partial charge in [0.2, 0.25) is 5.91 Å². The molecule has 2 atom stereocenters. The summed E-state index contributed by atoms with van der Waals surface area (Å²) in [4.78, 5) is 12.0. The van der Waals surface area contributed by atoms with E-state index in [-0.39, 0.29) is 24.0 Å². The Morgan fingerprint density at radius 1 is 1.30 bits per heavy atom. The molecule has 0 radical (unpaired) electrons. The van der Waals surface area contributed by atoms with Crippen LogP contribution in [0.2, 0.25) is 0 Å². The smallest absolute Gasteiger partial charge is 0.237 e. The third kappa shape index (κ3) is 5.78. The van der Waals surface area contributed by atoms with E-state index in [9.17, 15) is 4.79 Å². The highest BCUT2D eigenvalue weighted by molar-refractivity contribution is 5.81. The number of nitrogens with one attached hydrogen (secondary N) is 2. The molecule has 1 aromatic heterocycles. The molecule has 0 spiro atoms. The van der Waals surface area contributed by atoms with Crippen molar-refractivity contribution in [3.63, 3.8) is 0 Å². The molecule has 0 bridgehead atoms. The van der Waals surface area contributed by atoms with Gasteiger partial charge >= 0.3 is 0 Å². The van der Waals surface area contributed by atoms with Crippen molar-refractivity contribution >= 4 is 5.91 Å². The number of furan rings is 1. The molecule has 1 rings (SSSR count). The predicted octanol–water partition coefficient (Wildman–Crippen LogP) is 2.88. The highest BCUT2D eigenvalue weighted by Gasteiger charge is 2.17. The molecule has 1 amide bonds. The first-order valence-electron chi connectivity index (χ1n) is 7.65. The minimum Gasteiger partial charge on any atom is -0.469 e. The fourth-order valence-electron chi connectivity index (χ4n) is 2.22. The zero-order valence-corrected chi connectivity index (χ0v) is 13.1. The van der Waals surface area contributed by atoms with Crippen LogP contribution in [0.15, 0.2) is 22.8 Å². The molecule has 0 aliphatic carbocycles. The molecular weight excluding hydrogens is 252 g/mol. The van der Waals surface area contributed by atoms with Crippen molar-refractivity contribution < 1.29 is 9.21 Å². The Hall–Kier alpha value is -1.29. The highest BCUT2D eigenvalue weighted by atomic mass is 16.3. The van der Waals surface area contributed by atoms with Gasteiger partial charge in [-0.25, -0.2) is 0 Å². The Morgan fingerprint density at radius 3 is 2.55 bits per heavy atom. The van der Waals surface area contributed by atoms with E-state index in [1.54, 1.807) is 6.26 Å². The topological polar surface area (TPSA) is 54.3 Å². The Kier molecular flexibility index (Phi) is 7.37. The van der Waals surface area contributed by atoms with Crippen molar-refractivity contribution in [1.29, 1.82) is 0 Å². The van der Waals surface area contributed by atoms with Crippen molar-refractivity contribution in [3.05, 3.63) is 24.2 Å². The van der Waals surface area contributed by atoms with Gasteiger partial charge < -0.3 is 15.1 Å². The van der Waals surface area contributed by atoms with Gasteiger partial charge in [0.1, 0.15) is 5.76 Å². The minimum absolute atomic E-state index is 0.0866. The lowest BCUT2D eigenvalue weighted by atomic mass is 10.1. The number of carbonyl (C=O) groups excluding carboxylic acids is 1. The molecule has 0 aliphatic heterocycles. The number of aryl methyl sites for hydroxylation is 1. The molecule has 4 heteroatoms. The van der Waals surface area contributed by atoms with Gasteiger partial charge in [0, 0.05) is 18.5 Å². The summed E-state index contributed by atoms with van der Waals surface area (Å²) >= 11 is 0. The van der Waals surface area contributed by atoms with Gasteiger partial charge in [0.05, 0.1) is 12.3 Å². The van der Waals surface area contributed by atoms with Crippen molar-refractivity contribution in [1.82, 2.24) is 10.6 Å². The number of hydrogen-bond acceptors (Lipinski definition) is 3. The lowest BCUT2D eigenvalue weighted by Gasteiger charge is -2.22. The summed E-state index contributed by atoms with van der Waals surface area (Å²) < 4.78 is 5.31. The van der Waals surface area contributed by atoms with Gasteiger partial charge in [-0.15, -0.1) is 0 Å². The van der Waals surface area contributed by atoms with E-state index in [2.05, 4.69) is 31.4 Å². The molecule has 20 heavy (non-hydrogen) atoms. The lowest BCUT2D eigenvalue weighted by molar-refractivity contribution is -0.123. The summed E-state index contributed by atoms with van der Waals surface area (Å²) in [5, 5.41) is 6.41. The SMILES string of the molecule is CCC(CC)NC(=O)C(C)NC(C)CCc1ccco1. The van der Waals surface area contributed by atoms with E-state index >= 15 is 0 Å². The third-order valence-corrected chi connectivity index (χ3v) is 3.66. The molecule has 0 saturated heterocycles. The van der Waals surface area contributed by atoms with Crippen LogP contribution >= 0.6 is 0 Å². The summed E-state index contributed by atoms with van der Waals surface area (Å²) in [5.74, 6) is 1.08. The minimum atomic E-state index is -0.165. The van der Waals surface area contributed by atoms with Gasteiger partial charge in [-0.2, -0.15) is 0 Å². The van der Waals surface area contributed by atoms with Crippen molar-refractivity contribution in [2.24, 2.45) is 0 Å². The Morgan fingerprint density at radius 2 is 2.00 bits per heavy atom. The first kappa shape index (κ1) is 16.8. The Balaban J connectivity index is 2.29. The van der Waals surface area contributed by atoms with E-state index in [0.29, 0.717) is 0 Å². The lowest BCUT2D eigenvalue weighted by Crippen LogP contribution is -2.48. The normalized spacial score (nSPS) is 14.2. The largest absolute Gasteiger partial charge is 0.469 e. The summed E-state index contributed by atoms with van der Waals surface area (Å²) in [6, 6.07) is 4.28. The summed E-state index contributed by atoms with van der Waals surface area (Å²) in [6.07, 6.45) is 5.49. The quantitative estimate of drug-likeness (QED) is 0.731. The number of carbonyl (C=O) groups is 1. The highest BCUT2D eigenvalue weighted by Crippen LogP contribution is 2.06. The van der Waals surface area contributed by atoms with Crippen LogP contribution in [-0.4, -0.2) is 24.0 Å². The van der Waals surface area contributed by atoms with Crippen LogP contribution in [0.3, 0.4) is 0 Å². The first-order chi connectivity index (χ1) is 9.56. The molecule has 0 aliphatic rings. The average Bonchev–Trinajstić information content (AvgIpc) is 2.95. The number of rotatable bonds is 9. The maximum atomic E-state index is 12.0. The van der Waals surface area contributed by atoms with Crippen LogP contribution in [0.4, 0.5) is 0 Å². The molecule has 114 valence electrons. The van der Waals surface area contributed by atoms with Gasteiger partial charge in [-0.1, -0.05) is 13.8 Å². The Bertz CT molecular complexity index is 372. The second kappa shape index (κ2) is 8.80. The standard InChI is InChI=1S/C16H28N2O2/c1-5-14(6-2)18-16(19)13(4)17-12(3)9-10-15-8-7-11-20-15/h7-8,11-14,17H,5-6,9-10H2,1-4H3,(H,18,19). The molecule has 0 fully saturated rings. The Labute approximate surface area is 122 Å². The molecular formula is C16H28N2O2. The van der Waals surface area contributed by atoms with E-state index < -0.39 is 0 Å². The van der Waals surface area contributed by atoms with Crippen LogP contribution in [0.25, 0.3) is 0 Å².